The summed E-state index contributed by atoms with van der Waals surface area (Å²) in [6, 6.07) is 8.79. The maximum atomic E-state index is 11.9. The molecule has 0 aliphatic heterocycles. The third-order valence-corrected chi connectivity index (χ3v) is 3.27. The lowest BCUT2D eigenvalue weighted by molar-refractivity contribution is -0.130. The molecule has 0 aliphatic rings. The van der Waals surface area contributed by atoms with Gasteiger partial charge >= 0.3 is 0 Å². The minimum atomic E-state index is 0.129. The fourth-order valence-corrected chi connectivity index (χ4v) is 1.71. The summed E-state index contributed by atoms with van der Waals surface area (Å²) in [4.78, 5) is 13.6. The van der Waals surface area contributed by atoms with E-state index in [9.17, 15) is 4.79 Å². The molecule has 1 atom stereocenters. The Morgan fingerprint density at radius 3 is 2.56 bits per heavy atom. The van der Waals surface area contributed by atoms with Crippen molar-refractivity contribution in [3.63, 3.8) is 0 Å². The van der Waals surface area contributed by atoms with Gasteiger partial charge in [0.25, 0.3) is 0 Å². The van der Waals surface area contributed by atoms with Gasteiger partial charge in [-0.05, 0) is 33.3 Å². The minimum Gasteiger partial charge on any atom is -0.342 e. The average molecular weight is 248 g/mol. The first kappa shape index (κ1) is 14.7. The number of likely N-dealkylation sites (N-methyl/N-ethyl adjacent to an activating group) is 1. The first-order valence-electron chi connectivity index (χ1n) is 6.47. The first-order valence-corrected chi connectivity index (χ1v) is 6.47. The van der Waals surface area contributed by atoms with Gasteiger partial charge in [-0.2, -0.15) is 0 Å². The summed E-state index contributed by atoms with van der Waals surface area (Å²) in [6.07, 6.45) is 0. The topological polar surface area (TPSA) is 32.3 Å². The molecule has 0 aromatic heterocycles. The molecule has 1 aromatic carbocycles. The molecular formula is C15H24N2O. The summed E-state index contributed by atoms with van der Waals surface area (Å²) in [5.74, 6) is 0.129. The second-order valence-electron chi connectivity index (χ2n) is 5.12. The van der Waals surface area contributed by atoms with E-state index in [2.05, 4.69) is 37.4 Å². The lowest BCUT2D eigenvalue weighted by Crippen LogP contribution is -2.40. The SMILES string of the molecule is Cc1cccc([C@H](C)NCC(=O)N(C)C(C)C)c1. The monoisotopic (exact) mass is 248 g/mol. The smallest absolute Gasteiger partial charge is 0.236 e. The number of nitrogens with zero attached hydrogens (tertiary/aromatic N) is 1. The van der Waals surface area contributed by atoms with Crippen molar-refractivity contribution in [2.24, 2.45) is 0 Å². The van der Waals surface area contributed by atoms with Crippen molar-refractivity contribution in [2.75, 3.05) is 13.6 Å². The van der Waals surface area contributed by atoms with Gasteiger partial charge in [-0.1, -0.05) is 29.8 Å². The number of nitrogens with one attached hydrogen (secondary N) is 1. The Labute approximate surface area is 110 Å². The predicted molar refractivity (Wildman–Crippen MR) is 75.5 cm³/mol. The van der Waals surface area contributed by atoms with Crippen LogP contribution in [0.25, 0.3) is 0 Å². The van der Waals surface area contributed by atoms with Gasteiger partial charge in [0.15, 0.2) is 0 Å². The van der Waals surface area contributed by atoms with Gasteiger partial charge in [0.05, 0.1) is 6.54 Å². The summed E-state index contributed by atoms with van der Waals surface area (Å²) in [6.45, 7) is 8.57. The molecule has 1 N–H and O–H groups in total. The third-order valence-electron chi connectivity index (χ3n) is 3.27. The molecular weight excluding hydrogens is 224 g/mol. The van der Waals surface area contributed by atoms with E-state index in [1.54, 1.807) is 4.90 Å². The van der Waals surface area contributed by atoms with Crippen molar-refractivity contribution < 1.29 is 4.79 Å². The van der Waals surface area contributed by atoms with Crippen LogP contribution in [0.5, 0.6) is 0 Å². The first-order chi connectivity index (χ1) is 8.41. The highest BCUT2D eigenvalue weighted by Crippen LogP contribution is 2.13. The zero-order valence-corrected chi connectivity index (χ0v) is 12.0. The van der Waals surface area contributed by atoms with E-state index < -0.39 is 0 Å². The summed E-state index contributed by atoms with van der Waals surface area (Å²) >= 11 is 0. The molecule has 0 unspecified atom stereocenters. The summed E-state index contributed by atoms with van der Waals surface area (Å²) in [7, 11) is 1.84. The molecule has 100 valence electrons. The van der Waals surface area contributed by atoms with Gasteiger partial charge < -0.3 is 10.2 Å². The molecule has 3 nitrogen and oxygen atoms in total. The normalized spacial score (nSPS) is 12.6. The zero-order valence-electron chi connectivity index (χ0n) is 12.0. The van der Waals surface area contributed by atoms with Crippen LogP contribution in [0.3, 0.4) is 0 Å². The number of rotatable bonds is 5. The number of aryl methyl sites for hydroxylation is 1. The Kier molecular flexibility index (Phi) is 5.35. The van der Waals surface area contributed by atoms with E-state index in [4.69, 9.17) is 0 Å². The maximum Gasteiger partial charge on any atom is 0.236 e. The fraction of sp³-hybridized carbons (Fsp3) is 0.533. The Hall–Kier alpha value is -1.35. The van der Waals surface area contributed by atoms with Crippen LogP contribution < -0.4 is 5.32 Å². The van der Waals surface area contributed by atoms with E-state index >= 15 is 0 Å². The van der Waals surface area contributed by atoms with E-state index in [1.807, 2.05) is 27.0 Å². The van der Waals surface area contributed by atoms with E-state index in [1.165, 1.54) is 11.1 Å². The second kappa shape index (κ2) is 6.55. The molecule has 0 heterocycles. The van der Waals surface area contributed by atoms with Crippen LogP contribution in [0, 0.1) is 6.92 Å². The van der Waals surface area contributed by atoms with E-state index in [-0.39, 0.29) is 18.0 Å². The molecule has 0 bridgehead atoms. The minimum absolute atomic E-state index is 0.129. The zero-order chi connectivity index (χ0) is 13.7. The van der Waals surface area contributed by atoms with Crippen molar-refractivity contribution >= 4 is 5.91 Å². The largest absolute Gasteiger partial charge is 0.342 e. The summed E-state index contributed by atoms with van der Waals surface area (Å²) < 4.78 is 0. The van der Waals surface area contributed by atoms with Crippen molar-refractivity contribution in [1.29, 1.82) is 0 Å². The Balaban J connectivity index is 2.51. The van der Waals surface area contributed by atoms with Crippen molar-refractivity contribution in [3.8, 4) is 0 Å². The maximum absolute atomic E-state index is 11.9. The number of carbonyl (C=O) groups is 1. The molecule has 0 saturated carbocycles. The van der Waals surface area contributed by atoms with Crippen LogP contribution in [-0.2, 0) is 4.79 Å². The summed E-state index contributed by atoms with van der Waals surface area (Å²) in [5.41, 5.74) is 2.46. The number of benzene rings is 1. The van der Waals surface area contributed by atoms with Crippen LogP contribution in [0.15, 0.2) is 24.3 Å². The molecule has 1 aromatic rings. The standard InChI is InChI=1S/C15H24N2O/c1-11(2)17(5)15(18)10-16-13(4)14-8-6-7-12(3)9-14/h6-9,11,13,16H,10H2,1-5H3/t13-/m0/s1. The highest BCUT2D eigenvalue weighted by molar-refractivity contribution is 5.78. The quantitative estimate of drug-likeness (QED) is 0.868. The number of hydrogen-bond acceptors (Lipinski definition) is 2. The predicted octanol–water partition coefficient (Wildman–Crippen LogP) is 2.51. The van der Waals surface area contributed by atoms with Crippen LogP contribution in [0.2, 0.25) is 0 Å². The molecule has 18 heavy (non-hydrogen) atoms. The molecule has 1 rings (SSSR count). The fourth-order valence-electron chi connectivity index (χ4n) is 1.71. The van der Waals surface area contributed by atoms with E-state index in [0.29, 0.717) is 6.54 Å². The highest BCUT2D eigenvalue weighted by atomic mass is 16.2. The van der Waals surface area contributed by atoms with Crippen LogP contribution in [-0.4, -0.2) is 30.4 Å². The summed E-state index contributed by atoms with van der Waals surface area (Å²) in [5, 5.41) is 3.27. The average Bonchev–Trinajstić information content (AvgIpc) is 2.34. The van der Waals surface area contributed by atoms with Gasteiger partial charge in [-0.15, -0.1) is 0 Å². The molecule has 0 aliphatic carbocycles. The van der Waals surface area contributed by atoms with Crippen LogP contribution in [0.1, 0.15) is 37.9 Å². The Morgan fingerprint density at radius 1 is 1.33 bits per heavy atom. The van der Waals surface area contributed by atoms with Gasteiger partial charge in [0.1, 0.15) is 0 Å². The van der Waals surface area contributed by atoms with Crippen molar-refractivity contribution in [2.45, 2.75) is 39.8 Å². The van der Waals surface area contributed by atoms with Gasteiger partial charge in [-0.3, -0.25) is 4.79 Å². The molecule has 0 fully saturated rings. The molecule has 1 amide bonds. The van der Waals surface area contributed by atoms with Crippen LogP contribution in [0.4, 0.5) is 0 Å². The molecule has 3 heteroatoms. The third kappa shape index (κ3) is 4.15. The molecule has 0 radical (unpaired) electrons. The van der Waals surface area contributed by atoms with Gasteiger partial charge in [-0.25, -0.2) is 0 Å². The Morgan fingerprint density at radius 2 is 2.00 bits per heavy atom. The number of hydrogen-bond donors (Lipinski definition) is 1. The molecule has 0 saturated heterocycles. The van der Waals surface area contributed by atoms with Gasteiger partial charge in [0.2, 0.25) is 5.91 Å². The molecule has 0 spiro atoms. The Bertz CT molecular complexity index is 401. The van der Waals surface area contributed by atoms with Crippen molar-refractivity contribution in [1.82, 2.24) is 10.2 Å². The van der Waals surface area contributed by atoms with Crippen molar-refractivity contribution in [3.05, 3.63) is 35.4 Å². The van der Waals surface area contributed by atoms with E-state index in [0.717, 1.165) is 0 Å². The number of amides is 1. The number of carbonyl (C=O) groups excluding carboxylic acids is 1. The highest BCUT2D eigenvalue weighted by Gasteiger charge is 2.13. The van der Waals surface area contributed by atoms with Crippen LogP contribution >= 0.6 is 0 Å². The lowest BCUT2D eigenvalue weighted by atomic mass is 10.1. The second-order valence-corrected chi connectivity index (χ2v) is 5.12. The van der Waals surface area contributed by atoms with Gasteiger partial charge in [0, 0.05) is 19.1 Å². The lowest BCUT2D eigenvalue weighted by Gasteiger charge is -2.23.